The lowest BCUT2D eigenvalue weighted by Crippen LogP contribution is -2.15. The minimum Gasteiger partial charge on any atom is -0.279 e. The van der Waals surface area contributed by atoms with Crippen LogP contribution in [0.1, 0.15) is 11.1 Å². The summed E-state index contributed by atoms with van der Waals surface area (Å²) in [4.78, 5) is 4.00. The molecule has 0 aliphatic carbocycles. The van der Waals surface area contributed by atoms with Crippen molar-refractivity contribution in [2.75, 3.05) is 4.72 Å². The molecule has 0 amide bonds. The van der Waals surface area contributed by atoms with Crippen LogP contribution in [0.4, 0.5) is 5.69 Å². The molecular formula is C13H13BrN2O2S. The summed E-state index contributed by atoms with van der Waals surface area (Å²) < 4.78 is 27.8. The Kier molecular flexibility index (Phi) is 3.91. The van der Waals surface area contributed by atoms with Crippen LogP contribution in [0, 0.1) is 13.8 Å². The van der Waals surface area contributed by atoms with Crippen LogP contribution in [0.15, 0.2) is 46.0 Å². The monoisotopic (exact) mass is 340 g/mol. The summed E-state index contributed by atoms with van der Waals surface area (Å²) in [6, 6.07) is 7.14. The van der Waals surface area contributed by atoms with Crippen LogP contribution in [0.5, 0.6) is 0 Å². The second-order valence-electron chi connectivity index (χ2n) is 4.21. The maximum absolute atomic E-state index is 12.3. The average Bonchev–Trinajstić information content (AvgIpc) is 2.34. The molecule has 0 fully saturated rings. The van der Waals surface area contributed by atoms with E-state index in [2.05, 4.69) is 25.6 Å². The van der Waals surface area contributed by atoms with Crippen molar-refractivity contribution in [1.29, 1.82) is 0 Å². The van der Waals surface area contributed by atoms with E-state index in [1.54, 1.807) is 0 Å². The van der Waals surface area contributed by atoms with Crippen molar-refractivity contribution in [3.05, 3.63) is 52.3 Å². The van der Waals surface area contributed by atoms with E-state index in [9.17, 15) is 8.42 Å². The number of aromatic nitrogens is 1. The highest BCUT2D eigenvalue weighted by Gasteiger charge is 2.17. The second kappa shape index (κ2) is 5.30. The zero-order chi connectivity index (χ0) is 14.0. The van der Waals surface area contributed by atoms with Gasteiger partial charge in [0.2, 0.25) is 0 Å². The fraction of sp³-hybridized carbons (Fsp3) is 0.154. The van der Waals surface area contributed by atoms with Gasteiger partial charge in [-0.25, -0.2) is 8.42 Å². The first-order chi connectivity index (χ1) is 8.90. The Morgan fingerprint density at radius 3 is 2.37 bits per heavy atom. The van der Waals surface area contributed by atoms with E-state index in [1.165, 1.54) is 18.5 Å². The first kappa shape index (κ1) is 14.0. The third-order valence-electron chi connectivity index (χ3n) is 2.71. The number of aryl methyl sites for hydroxylation is 2. The molecule has 2 rings (SSSR count). The number of nitrogens with zero attached hydrogens (tertiary/aromatic N) is 1. The highest BCUT2D eigenvalue weighted by Crippen LogP contribution is 2.24. The van der Waals surface area contributed by atoms with E-state index in [0.29, 0.717) is 10.2 Å². The van der Waals surface area contributed by atoms with Crippen LogP contribution in [0.2, 0.25) is 0 Å². The highest BCUT2D eigenvalue weighted by atomic mass is 79.9. The summed E-state index contributed by atoms with van der Waals surface area (Å²) in [5, 5.41) is 0. The van der Waals surface area contributed by atoms with Gasteiger partial charge in [0.25, 0.3) is 10.0 Å². The third-order valence-corrected chi connectivity index (χ3v) is 4.46. The van der Waals surface area contributed by atoms with Crippen LogP contribution in [-0.2, 0) is 10.0 Å². The molecule has 2 aromatic rings. The van der Waals surface area contributed by atoms with Gasteiger partial charge in [0.05, 0.1) is 5.69 Å². The summed E-state index contributed by atoms with van der Waals surface area (Å²) in [7, 11) is -3.62. The first-order valence-corrected chi connectivity index (χ1v) is 7.87. The van der Waals surface area contributed by atoms with Crippen molar-refractivity contribution in [3.63, 3.8) is 0 Å². The minimum absolute atomic E-state index is 0.129. The Bertz CT molecular complexity index is 694. The maximum Gasteiger partial charge on any atom is 0.263 e. The topological polar surface area (TPSA) is 59.1 Å². The number of hydrogen-bond acceptors (Lipinski definition) is 3. The molecule has 6 heteroatoms. The molecule has 0 aliphatic rings. The van der Waals surface area contributed by atoms with E-state index in [-0.39, 0.29) is 4.90 Å². The van der Waals surface area contributed by atoms with Crippen LogP contribution in [0.3, 0.4) is 0 Å². The quantitative estimate of drug-likeness (QED) is 0.932. The van der Waals surface area contributed by atoms with Crippen molar-refractivity contribution in [3.8, 4) is 0 Å². The molecule has 1 aromatic heterocycles. The maximum atomic E-state index is 12.3. The van der Waals surface area contributed by atoms with Crippen molar-refractivity contribution >= 4 is 31.6 Å². The molecule has 0 unspecified atom stereocenters. The van der Waals surface area contributed by atoms with Gasteiger partial charge in [-0.2, -0.15) is 0 Å². The lowest BCUT2D eigenvalue weighted by molar-refractivity contribution is 0.600. The number of anilines is 1. The molecule has 1 N–H and O–H groups in total. The van der Waals surface area contributed by atoms with Gasteiger partial charge >= 0.3 is 0 Å². The Balaban J connectivity index is 2.42. The summed E-state index contributed by atoms with van der Waals surface area (Å²) in [5.41, 5.74) is 2.38. The van der Waals surface area contributed by atoms with Crippen molar-refractivity contribution in [1.82, 2.24) is 4.98 Å². The smallest absolute Gasteiger partial charge is 0.263 e. The molecule has 100 valence electrons. The van der Waals surface area contributed by atoms with Gasteiger partial charge in [-0.3, -0.25) is 9.71 Å². The van der Waals surface area contributed by atoms with Gasteiger partial charge in [-0.15, -0.1) is 0 Å². The Morgan fingerprint density at radius 2 is 1.79 bits per heavy atom. The molecule has 4 nitrogen and oxygen atoms in total. The minimum atomic E-state index is -3.62. The van der Waals surface area contributed by atoms with Crippen molar-refractivity contribution < 1.29 is 8.42 Å². The number of halogens is 1. The zero-order valence-corrected chi connectivity index (χ0v) is 12.9. The molecular weight excluding hydrogens is 328 g/mol. The number of sulfonamides is 1. The third kappa shape index (κ3) is 3.13. The predicted molar refractivity (Wildman–Crippen MR) is 78.7 cm³/mol. The number of hydrogen-bond donors (Lipinski definition) is 1. The number of pyridine rings is 1. The van der Waals surface area contributed by atoms with Crippen molar-refractivity contribution in [2.45, 2.75) is 18.7 Å². The number of para-hydroxylation sites is 1. The molecule has 0 aliphatic heterocycles. The molecule has 0 atom stereocenters. The van der Waals surface area contributed by atoms with Gasteiger partial charge in [0.15, 0.2) is 0 Å². The standard InChI is InChI=1S/C13H13BrN2O2S/c1-9-4-3-5-10(2)13(9)16-19(17,18)12-6-11(14)7-15-8-12/h3-8,16H,1-2H3. The van der Waals surface area contributed by atoms with E-state index >= 15 is 0 Å². The fourth-order valence-corrected chi connectivity index (χ4v) is 3.41. The Hall–Kier alpha value is -1.40. The van der Waals surface area contributed by atoms with E-state index < -0.39 is 10.0 Å². The average molecular weight is 341 g/mol. The van der Waals surface area contributed by atoms with Gasteiger partial charge in [-0.1, -0.05) is 18.2 Å². The lowest BCUT2D eigenvalue weighted by atomic mass is 10.1. The zero-order valence-electron chi connectivity index (χ0n) is 10.5. The van der Waals surface area contributed by atoms with Crippen molar-refractivity contribution in [2.24, 2.45) is 0 Å². The SMILES string of the molecule is Cc1cccc(C)c1NS(=O)(=O)c1cncc(Br)c1. The molecule has 1 aromatic carbocycles. The van der Waals surface area contributed by atoms with E-state index in [1.807, 2.05) is 32.0 Å². The van der Waals surface area contributed by atoms with Gasteiger partial charge in [-0.05, 0) is 47.0 Å². The highest BCUT2D eigenvalue weighted by molar-refractivity contribution is 9.10. The molecule has 0 spiro atoms. The van der Waals surface area contributed by atoms with Crippen LogP contribution in [0.25, 0.3) is 0 Å². The Morgan fingerprint density at radius 1 is 1.16 bits per heavy atom. The molecule has 0 saturated carbocycles. The molecule has 0 saturated heterocycles. The predicted octanol–water partition coefficient (Wildman–Crippen LogP) is 3.26. The van der Waals surface area contributed by atoms with Gasteiger partial charge in [0, 0.05) is 16.9 Å². The largest absolute Gasteiger partial charge is 0.279 e. The van der Waals surface area contributed by atoms with Crippen LogP contribution in [-0.4, -0.2) is 13.4 Å². The number of rotatable bonds is 3. The summed E-state index contributed by atoms with van der Waals surface area (Å²) in [6.45, 7) is 3.73. The first-order valence-electron chi connectivity index (χ1n) is 5.60. The Labute approximate surface area is 121 Å². The van der Waals surface area contributed by atoms with E-state index in [4.69, 9.17) is 0 Å². The molecule has 0 bridgehead atoms. The lowest BCUT2D eigenvalue weighted by Gasteiger charge is -2.13. The summed E-state index contributed by atoms with van der Waals surface area (Å²) in [6.07, 6.45) is 2.86. The molecule has 19 heavy (non-hydrogen) atoms. The fourth-order valence-electron chi connectivity index (χ4n) is 1.71. The van der Waals surface area contributed by atoms with E-state index in [0.717, 1.165) is 11.1 Å². The van der Waals surface area contributed by atoms with Gasteiger partial charge in [0.1, 0.15) is 4.90 Å². The number of benzene rings is 1. The molecule has 1 heterocycles. The van der Waals surface area contributed by atoms with Gasteiger partial charge < -0.3 is 0 Å². The summed E-state index contributed by atoms with van der Waals surface area (Å²) >= 11 is 3.21. The molecule has 0 radical (unpaired) electrons. The number of nitrogens with one attached hydrogen (secondary N) is 1. The normalized spacial score (nSPS) is 11.3. The van der Waals surface area contributed by atoms with Crippen LogP contribution >= 0.6 is 15.9 Å². The van der Waals surface area contributed by atoms with Crippen LogP contribution < -0.4 is 4.72 Å². The second-order valence-corrected chi connectivity index (χ2v) is 6.81. The summed E-state index contributed by atoms with van der Waals surface area (Å²) in [5.74, 6) is 0.